The Labute approximate surface area is 228 Å². The first-order valence-corrected chi connectivity index (χ1v) is 16.4. The average molecular weight is 543 g/mol. The van der Waals surface area contributed by atoms with Gasteiger partial charge in [0.2, 0.25) is 5.91 Å². The number of rotatable bonds is 17. The molecule has 3 atom stereocenters. The smallest absolute Gasteiger partial charge is 0.407 e. The summed E-state index contributed by atoms with van der Waals surface area (Å²) in [6.45, 7) is 28.3. The van der Waals surface area contributed by atoms with Crippen LogP contribution < -0.4 is 10.6 Å². The lowest BCUT2D eigenvalue weighted by atomic mass is 9.92. The Kier molecular flexibility index (Phi) is 15.9. The lowest BCUT2D eigenvalue weighted by Gasteiger charge is -2.42. The standard InChI is InChI=1S/C29H58N2O5Si/c1-13-14-16-30-27(33)24(9)19-26(32)25(31-28(34)36-29(10,11)12)18-23(8)15-17-35-37(20(2)3,21(4)5)22(6)7/h20-23,25-26,32H,9,13-19H2,1-8,10-12H3,(H,30,33)(H,31,34)/t23-,25+,26+/m1/s1. The van der Waals surface area contributed by atoms with E-state index in [9.17, 15) is 14.7 Å². The van der Waals surface area contributed by atoms with Gasteiger partial charge in [0.1, 0.15) is 5.60 Å². The number of hydrogen-bond acceptors (Lipinski definition) is 5. The molecule has 218 valence electrons. The van der Waals surface area contributed by atoms with Crippen molar-refractivity contribution in [2.75, 3.05) is 13.2 Å². The Balaban J connectivity index is 5.34. The summed E-state index contributed by atoms with van der Waals surface area (Å²) in [5, 5.41) is 16.7. The van der Waals surface area contributed by atoms with Crippen molar-refractivity contribution in [1.29, 1.82) is 0 Å². The average Bonchev–Trinajstić information content (AvgIpc) is 2.74. The quantitative estimate of drug-likeness (QED) is 0.108. The van der Waals surface area contributed by atoms with Crippen molar-refractivity contribution >= 4 is 20.3 Å². The van der Waals surface area contributed by atoms with E-state index in [-0.39, 0.29) is 18.2 Å². The number of aliphatic hydroxyl groups is 1. The molecule has 0 spiro atoms. The Hall–Kier alpha value is -1.38. The molecular weight excluding hydrogens is 484 g/mol. The lowest BCUT2D eigenvalue weighted by molar-refractivity contribution is -0.117. The van der Waals surface area contributed by atoms with Crippen molar-refractivity contribution in [1.82, 2.24) is 10.6 Å². The topological polar surface area (TPSA) is 96.9 Å². The van der Waals surface area contributed by atoms with Crippen LogP contribution >= 0.6 is 0 Å². The highest BCUT2D eigenvalue weighted by Gasteiger charge is 2.44. The minimum Gasteiger partial charge on any atom is -0.444 e. The Bertz CT molecular complexity index is 681. The largest absolute Gasteiger partial charge is 0.444 e. The van der Waals surface area contributed by atoms with Gasteiger partial charge in [0.15, 0.2) is 8.32 Å². The van der Waals surface area contributed by atoms with Gasteiger partial charge < -0.3 is 24.9 Å². The van der Waals surface area contributed by atoms with Crippen LogP contribution in [0.15, 0.2) is 12.2 Å². The second-order valence-corrected chi connectivity index (χ2v) is 18.0. The number of unbranched alkanes of at least 4 members (excludes halogenated alkanes) is 1. The van der Waals surface area contributed by atoms with Gasteiger partial charge in [0.05, 0.1) is 12.1 Å². The third kappa shape index (κ3) is 12.8. The zero-order valence-corrected chi connectivity index (χ0v) is 26.7. The monoisotopic (exact) mass is 542 g/mol. The van der Waals surface area contributed by atoms with Gasteiger partial charge in [0, 0.05) is 25.1 Å². The maximum Gasteiger partial charge on any atom is 0.407 e. The molecule has 0 fully saturated rings. The molecule has 0 aromatic rings. The second kappa shape index (κ2) is 16.6. The fourth-order valence-corrected chi connectivity index (χ4v) is 10.7. The number of aliphatic hydroxyl groups excluding tert-OH is 1. The van der Waals surface area contributed by atoms with Crippen LogP contribution in [0.2, 0.25) is 16.6 Å². The van der Waals surface area contributed by atoms with Gasteiger partial charge in [-0.3, -0.25) is 4.79 Å². The van der Waals surface area contributed by atoms with Crippen molar-refractivity contribution in [2.24, 2.45) is 5.92 Å². The molecule has 0 radical (unpaired) electrons. The number of amides is 2. The van der Waals surface area contributed by atoms with Crippen molar-refractivity contribution in [3.63, 3.8) is 0 Å². The summed E-state index contributed by atoms with van der Waals surface area (Å²) in [5.74, 6) is -0.0817. The highest BCUT2D eigenvalue weighted by atomic mass is 28.4. The third-order valence-electron chi connectivity index (χ3n) is 7.09. The summed E-state index contributed by atoms with van der Waals surface area (Å²) in [6, 6.07) is -0.577. The van der Waals surface area contributed by atoms with E-state index < -0.39 is 32.2 Å². The Morgan fingerprint density at radius 3 is 2.00 bits per heavy atom. The van der Waals surface area contributed by atoms with Crippen LogP contribution in [-0.4, -0.2) is 56.3 Å². The molecule has 7 nitrogen and oxygen atoms in total. The molecule has 0 aliphatic heterocycles. The van der Waals surface area contributed by atoms with Crippen LogP contribution in [-0.2, 0) is 14.0 Å². The van der Waals surface area contributed by atoms with Gasteiger partial charge in [-0.2, -0.15) is 0 Å². The summed E-state index contributed by atoms with van der Waals surface area (Å²) in [4.78, 5) is 24.9. The van der Waals surface area contributed by atoms with E-state index in [0.29, 0.717) is 41.8 Å². The highest BCUT2D eigenvalue weighted by Crippen LogP contribution is 2.42. The fourth-order valence-electron chi connectivity index (χ4n) is 5.25. The Morgan fingerprint density at radius 1 is 1.00 bits per heavy atom. The Morgan fingerprint density at radius 2 is 1.54 bits per heavy atom. The summed E-state index contributed by atoms with van der Waals surface area (Å²) in [5.41, 5.74) is 1.19. The van der Waals surface area contributed by atoms with Gasteiger partial charge in [-0.15, -0.1) is 0 Å². The van der Waals surface area contributed by atoms with Crippen molar-refractivity contribution < 1.29 is 23.9 Å². The van der Waals surface area contributed by atoms with Crippen LogP contribution in [0.4, 0.5) is 4.79 Å². The zero-order valence-electron chi connectivity index (χ0n) is 25.7. The molecule has 37 heavy (non-hydrogen) atoms. The first kappa shape index (κ1) is 35.6. The van der Waals surface area contributed by atoms with Gasteiger partial charge in [-0.1, -0.05) is 68.4 Å². The van der Waals surface area contributed by atoms with E-state index in [2.05, 4.69) is 72.6 Å². The van der Waals surface area contributed by atoms with Crippen LogP contribution in [0.3, 0.4) is 0 Å². The summed E-state index contributed by atoms with van der Waals surface area (Å²) >= 11 is 0. The number of hydrogen-bond donors (Lipinski definition) is 3. The van der Waals surface area contributed by atoms with Crippen molar-refractivity contribution in [2.45, 2.75) is 143 Å². The molecule has 0 aliphatic rings. The van der Waals surface area contributed by atoms with Gasteiger partial charge in [0.25, 0.3) is 0 Å². The van der Waals surface area contributed by atoms with Gasteiger partial charge in [-0.05, 0) is 62.6 Å². The molecule has 0 saturated heterocycles. The van der Waals surface area contributed by atoms with Crippen LogP contribution in [0, 0.1) is 5.92 Å². The summed E-state index contributed by atoms with van der Waals surface area (Å²) < 4.78 is 12.2. The SMILES string of the molecule is C=C(C[C@H](O)[C@H](C[C@H](C)CCO[Si](C(C)C)(C(C)C)C(C)C)NC(=O)OC(C)(C)C)C(=O)NCCCC. The van der Waals surface area contributed by atoms with E-state index in [1.165, 1.54) is 0 Å². The summed E-state index contributed by atoms with van der Waals surface area (Å²) in [7, 11) is -1.95. The number of nitrogens with one attached hydrogen (secondary N) is 2. The summed E-state index contributed by atoms with van der Waals surface area (Å²) in [6.07, 6.45) is 1.75. The molecule has 8 heteroatoms. The molecule has 0 aromatic carbocycles. The molecule has 0 aliphatic carbocycles. The minimum absolute atomic E-state index is 0.0751. The van der Waals surface area contributed by atoms with Crippen LogP contribution in [0.5, 0.6) is 0 Å². The lowest BCUT2D eigenvalue weighted by Crippen LogP contribution is -2.48. The van der Waals surface area contributed by atoms with Gasteiger partial charge >= 0.3 is 6.09 Å². The highest BCUT2D eigenvalue weighted by molar-refractivity contribution is 6.77. The predicted molar refractivity (Wildman–Crippen MR) is 156 cm³/mol. The molecule has 0 aromatic heterocycles. The van der Waals surface area contributed by atoms with E-state index >= 15 is 0 Å². The fraction of sp³-hybridized carbons (Fsp3) is 0.862. The van der Waals surface area contributed by atoms with E-state index in [0.717, 1.165) is 19.3 Å². The molecule has 3 N–H and O–H groups in total. The van der Waals surface area contributed by atoms with E-state index in [1.54, 1.807) is 20.8 Å². The molecule has 0 heterocycles. The molecule has 0 unspecified atom stereocenters. The minimum atomic E-state index is -1.95. The molecule has 0 bridgehead atoms. The maximum absolute atomic E-state index is 12.6. The number of alkyl carbamates (subject to hydrolysis) is 1. The maximum atomic E-state index is 12.6. The van der Waals surface area contributed by atoms with E-state index in [4.69, 9.17) is 9.16 Å². The first-order valence-electron chi connectivity index (χ1n) is 14.2. The number of ether oxygens (including phenoxy) is 1. The predicted octanol–water partition coefficient (Wildman–Crippen LogP) is 6.71. The third-order valence-corrected chi connectivity index (χ3v) is 13.2. The van der Waals surface area contributed by atoms with Gasteiger partial charge in [-0.25, -0.2) is 4.79 Å². The normalized spacial score (nSPS) is 15.0. The van der Waals surface area contributed by atoms with Crippen LogP contribution in [0.25, 0.3) is 0 Å². The van der Waals surface area contributed by atoms with Crippen molar-refractivity contribution in [3.05, 3.63) is 12.2 Å². The number of carbonyl (C=O) groups excluding carboxylic acids is 2. The zero-order chi connectivity index (χ0) is 29.0. The first-order chi connectivity index (χ1) is 17.0. The second-order valence-electron chi connectivity index (χ2n) is 12.5. The van der Waals surface area contributed by atoms with E-state index in [1.807, 2.05) is 0 Å². The molecular formula is C29H58N2O5Si. The van der Waals surface area contributed by atoms with Crippen LogP contribution in [0.1, 0.15) is 108 Å². The molecule has 0 saturated carbocycles. The van der Waals surface area contributed by atoms with Crippen molar-refractivity contribution in [3.8, 4) is 0 Å². The molecule has 2 amide bonds. The molecule has 0 rings (SSSR count). The number of carbonyl (C=O) groups is 2.